The third-order valence-corrected chi connectivity index (χ3v) is 2.52. The zero-order valence-electron chi connectivity index (χ0n) is 9.64. The molecule has 1 atom stereocenters. The van der Waals surface area contributed by atoms with Gasteiger partial charge >= 0.3 is 5.97 Å². The van der Waals surface area contributed by atoms with Crippen molar-refractivity contribution in [2.75, 3.05) is 12.3 Å². The Bertz CT molecular complexity index is 401. The Balaban J connectivity index is 2.55. The minimum Gasteiger partial charge on any atom is -0.481 e. The molecule has 1 rings (SSSR count). The number of nitrogens with one attached hydrogen (secondary N) is 1. The van der Waals surface area contributed by atoms with E-state index in [0.717, 1.165) is 0 Å². The first-order chi connectivity index (χ1) is 8.04. The molecule has 1 aromatic rings. The van der Waals surface area contributed by atoms with Crippen LogP contribution in [0.5, 0.6) is 0 Å². The standard InChI is InChI=1S/C12H16N2O3/c1-2-8(12(16)17)7-14-11(15)9-3-5-10(13)6-4-9/h3-6,8H,2,7,13H2,1H3,(H,14,15)(H,16,17). The number of rotatable bonds is 5. The molecule has 5 nitrogen and oxygen atoms in total. The largest absolute Gasteiger partial charge is 0.481 e. The quantitative estimate of drug-likeness (QED) is 0.668. The molecule has 0 fully saturated rings. The maximum Gasteiger partial charge on any atom is 0.308 e. The second-order valence-electron chi connectivity index (χ2n) is 3.78. The summed E-state index contributed by atoms with van der Waals surface area (Å²) in [5.74, 6) is -1.73. The van der Waals surface area contributed by atoms with E-state index < -0.39 is 11.9 Å². The van der Waals surface area contributed by atoms with E-state index in [4.69, 9.17) is 10.8 Å². The lowest BCUT2D eigenvalue weighted by atomic mass is 10.1. The highest BCUT2D eigenvalue weighted by molar-refractivity contribution is 5.94. The number of hydrogen-bond donors (Lipinski definition) is 3. The molecular formula is C12H16N2O3. The van der Waals surface area contributed by atoms with Crippen LogP contribution in [0, 0.1) is 5.92 Å². The van der Waals surface area contributed by atoms with E-state index in [1.54, 1.807) is 31.2 Å². The highest BCUT2D eigenvalue weighted by Gasteiger charge is 2.16. The number of carboxylic acids is 1. The lowest BCUT2D eigenvalue weighted by Gasteiger charge is -2.11. The van der Waals surface area contributed by atoms with E-state index in [1.165, 1.54) is 0 Å². The fourth-order valence-electron chi connectivity index (χ4n) is 1.36. The maximum atomic E-state index is 11.7. The number of nitrogen functional groups attached to an aromatic ring is 1. The first kappa shape index (κ1) is 13.0. The normalized spacial score (nSPS) is 11.8. The summed E-state index contributed by atoms with van der Waals surface area (Å²) in [5.41, 5.74) is 6.55. The van der Waals surface area contributed by atoms with Crippen molar-refractivity contribution < 1.29 is 14.7 Å². The molecular weight excluding hydrogens is 220 g/mol. The fourth-order valence-corrected chi connectivity index (χ4v) is 1.36. The van der Waals surface area contributed by atoms with Crippen molar-refractivity contribution in [3.63, 3.8) is 0 Å². The maximum absolute atomic E-state index is 11.7. The Morgan fingerprint density at radius 3 is 2.41 bits per heavy atom. The van der Waals surface area contributed by atoms with Crippen LogP contribution in [0.15, 0.2) is 24.3 Å². The van der Waals surface area contributed by atoms with Gasteiger partial charge in [-0.3, -0.25) is 9.59 Å². The summed E-state index contributed by atoms with van der Waals surface area (Å²) in [5, 5.41) is 11.4. The fraction of sp³-hybridized carbons (Fsp3) is 0.333. The molecule has 5 heteroatoms. The molecule has 1 unspecified atom stereocenters. The van der Waals surface area contributed by atoms with Crippen molar-refractivity contribution in [3.05, 3.63) is 29.8 Å². The zero-order valence-corrected chi connectivity index (χ0v) is 9.64. The Labute approximate surface area is 99.6 Å². The van der Waals surface area contributed by atoms with Crippen LogP contribution in [-0.2, 0) is 4.79 Å². The molecule has 0 aliphatic heterocycles. The van der Waals surface area contributed by atoms with Gasteiger partial charge < -0.3 is 16.2 Å². The number of carbonyl (C=O) groups excluding carboxylic acids is 1. The number of hydrogen-bond acceptors (Lipinski definition) is 3. The SMILES string of the molecule is CCC(CNC(=O)c1ccc(N)cc1)C(=O)O. The lowest BCUT2D eigenvalue weighted by molar-refractivity contribution is -0.141. The molecule has 1 amide bonds. The van der Waals surface area contributed by atoms with Crippen LogP contribution < -0.4 is 11.1 Å². The van der Waals surface area contributed by atoms with E-state index in [0.29, 0.717) is 17.7 Å². The average molecular weight is 236 g/mol. The van der Waals surface area contributed by atoms with Crippen molar-refractivity contribution in [2.45, 2.75) is 13.3 Å². The van der Waals surface area contributed by atoms with Crippen LogP contribution in [0.3, 0.4) is 0 Å². The Kier molecular flexibility index (Phi) is 4.51. The summed E-state index contributed by atoms with van der Waals surface area (Å²) in [7, 11) is 0. The number of aliphatic carboxylic acids is 1. The minimum atomic E-state index is -0.898. The van der Waals surface area contributed by atoms with Gasteiger partial charge in [0.1, 0.15) is 0 Å². The highest BCUT2D eigenvalue weighted by atomic mass is 16.4. The summed E-state index contributed by atoms with van der Waals surface area (Å²) in [6.45, 7) is 1.91. The number of benzene rings is 1. The molecule has 4 N–H and O–H groups in total. The topological polar surface area (TPSA) is 92.4 Å². The minimum absolute atomic E-state index is 0.134. The Hall–Kier alpha value is -2.04. The summed E-state index contributed by atoms with van der Waals surface area (Å²) in [6.07, 6.45) is 0.483. The molecule has 92 valence electrons. The monoisotopic (exact) mass is 236 g/mol. The van der Waals surface area contributed by atoms with Crippen LogP contribution >= 0.6 is 0 Å². The second-order valence-corrected chi connectivity index (χ2v) is 3.78. The lowest BCUT2D eigenvalue weighted by Crippen LogP contribution is -2.32. The molecule has 0 radical (unpaired) electrons. The molecule has 0 aromatic heterocycles. The van der Waals surface area contributed by atoms with Gasteiger partial charge in [-0.2, -0.15) is 0 Å². The second kappa shape index (κ2) is 5.89. The third kappa shape index (κ3) is 3.79. The van der Waals surface area contributed by atoms with E-state index in [1.807, 2.05) is 0 Å². The smallest absolute Gasteiger partial charge is 0.308 e. The van der Waals surface area contributed by atoms with Crippen LogP contribution in [0.2, 0.25) is 0 Å². The van der Waals surface area contributed by atoms with Gasteiger partial charge in [0.25, 0.3) is 5.91 Å². The van der Waals surface area contributed by atoms with Gasteiger partial charge in [0.2, 0.25) is 0 Å². The molecule has 0 saturated carbocycles. The molecule has 0 aliphatic rings. The van der Waals surface area contributed by atoms with E-state index in [9.17, 15) is 9.59 Å². The van der Waals surface area contributed by atoms with Crippen molar-refractivity contribution in [1.82, 2.24) is 5.32 Å². The predicted octanol–water partition coefficient (Wildman–Crippen LogP) is 1.11. The van der Waals surface area contributed by atoms with E-state index >= 15 is 0 Å². The molecule has 0 aliphatic carbocycles. The third-order valence-electron chi connectivity index (χ3n) is 2.52. The number of amides is 1. The van der Waals surface area contributed by atoms with Crippen molar-refractivity contribution in [3.8, 4) is 0 Å². The molecule has 0 bridgehead atoms. The number of carboxylic acid groups (broad SMARTS) is 1. The van der Waals surface area contributed by atoms with Crippen LogP contribution in [-0.4, -0.2) is 23.5 Å². The van der Waals surface area contributed by atoms with Gasteiger partial charge in [0.15, 0.2) is 0 Å². The van der Waals surface area contributed by atoms with Crippen molar-refractivity contribution in [2.24, 2.45) is 5.92 Å². The van der Waals surface area contributed by atoms with E-state index in [2.05, 4.69) is 5.32 Å². The van der Waals surface area contributed by atoms with Gasteiger partial charge in [-0.05, 0) is 30.7 Å². The number of carbonyl (C=O) groups is 2. The van der Waals surface area contributed by atoms with Gasteiger partial charge in [0.05, 0.1) is 5.92 Å². The average Bonchev–Trinajstić information content (AvgIpc) is 2.30. The highest BCUT2D eigenvalue weighted by Crippen LogP contribution is 2.06. The number of anilines is 1. The molecule has 17 heavy (non-hydrogen) atoms. The van der Waals surface area contributed by atoms with Crippen LogP contribution in [0.1, 0.15) is 23.7 Å². The summed E-state index contributed by atoms with van der Waals surface area (Å²) >= 11 is 0. The van der Waals surface area contributed by atoms with Gasteiger partial charge in [-0.1, -0.05) is 6.92 Å². The molecule has 0 heterocycles. The summed E-state index contributed by atoms with van der Waals surface area (Å²) < 4.78 is 0. The van der Waals surface area contributed by atoms with Crippen LogP contribution in [0.4, 0.5) is 5.69 Å². The summed E-state index contributed by atoms with van der Waals surface area (Å²) in [4.78, 5) is 22.4. The zero-order chi connectivity index (χ0) is 12.8. The first-order valence-corrected chi connectivity index (χ1v) is 5.41. The molecule has 0 saturated heterocycles. The first-order valence-electron chi connectivity index (χ1n) is 5.41. The van der Waals surface area contributed by atoms with Crippen molar-refractivity contribution >= 4 is 17.6 Å². The molecule has 0 spiro atoms. The van der Waals surface area contributed by atoms with Gasteiger partial charge in [-0.15, -0.1) is 0 Å². The van der Waals surface area contributed by atoms with Gasteiger partial charge in [0, 0.05) is 17.8 Å². The van der Waals surface area contributed by atoms with Crippen molar-refractivity contribution in [1.29, 1.82) is 0 Å². The Morgan fingerprint density at radius 2 is 1.94 bits per heavy atom. The predicted molar refractivity (Wildman–Crippen MR) is 64.6 cm³/mol. The molecule has 1 aromatic carbocycles. The van der Waals surface area contributed by atoms with E-state index in [-0.39, 0.29) is 12.5 Å². The Morgan fingerprint density at radius 1 is 1.35 bits per heavy atom. The van der Waals surface area contributed by atoms with Crippen LogP contribution in [0.25, 0.3) is 0 Å². The van der Waals surface area contributed by atoms with Gasteiger partial charge in [-0.25, -0.2) is 0 Å². The number of nitrogens with two attached hydrogens (primary N) is 1. The summed E-state index contributed by atoms with van der Waals surface area (Å²) in [6, 6.07) is 6.46.